The molecule has 0 aliphatic rings. The van der Waals surface area contributed by atoms with Crippen LogP contribution in [0.4, 0.5) is 19.0 Å². The lowest BCUT2D eigenvalue weighted by molar-refractivity contribution is -0.171. The molecule has 10 heteroatoms. The van der Waals surface area contributed by atoms with E-state index in [1.54, 1.807) is 13.8 Å². The first-order chi connectivity index (χ1) is 10.5. The number of anilines is 1. The molecule has 0 aliphatic carbocycles. The third kappa shape index (κ3) is 3.26. The highest BCUT2D eigenvalue weighted by Crippen LogP contribution is 2.36. The quantitative estimate of drug-likeness (QED) is 0.923. The summed E-state index contributed by atoms with van der Waals surface area (Å²) < 4.78 is 38.5. The Balaban J connectivity index is 2.74. The molecule has 124 valence electrons. The molecule has 0 fully saturated rings. The molecule has 1 amide bonds. The number of amides is 1. The Labute approximate surface area is 132 Å². The number of thiophene rings is 1. The number of hydrogen-bond donors (Lipinski definition) is 1. The number of carboxylic acids is 1. The highest BCUT2D eigenvalue weighted by molar-refractivity contribution is 7.18. The topological polar surface area (TPSA) is 83.4 Å². The first-order valence-electron chi connectivity index (χ1n) is 6.37. The van der Waals surface area contributed by atoms with E-state index >= 15 is 0 Å². The van der Waals surface area contributed by atoms with E-state index in [2.05, 4.69) is 9.97 Å². The van der Waals surface area contributed by atoms with Gasteiger partial charge in [0.15, 0.2) is 0 Å². The van der Waals surface area contributed by atoms with Gasteiger partial charge >= 0.3 is 18.1 Å². The third-order valence-electron chi connectivity index (χ3n) is 3.16. The highest BCUT2D eigenvalue weighted by Gasteiger charge is 2.44. The lowest BCUT2D eigenvalue weighted by atomic mass is 10.2. The summed E-state index contributed by atoms with van der Waals surface area (Å²) in [6.45, 7) is 3.74. The largest absolute Gasteiger partial charge is 0.480 e. The van der Waals surface area contributed by atoms with Gasteiger partial charge in [-0.3, -0.25) is 14.5 Å². The number of aliphatic carboxylic acids is 1. The van der Waals surface area contributed by atoms with Crippen LogP contribution in [-0.4, -0.2) is 39.7 Å². The van der Waals surface area contributed by atoms with Gasteiger partial charge in [-0.2, -0.15) is 13.2 Å². The molecule has 23 heavy (non-hydrogen) atoms. The molecule has 0 aromatic carbocycles. The molecule has 2 heterocycles. The number of aromatic nitrogens is 2. The van der Waals surface area contributed by atoms with Crippen molar-refractivity contribution in [2.24, 2.45) is 0 Å². The maximum absolute atomic E-state index is 12.8. The molecular weight excluding hydrogens is 335 g/mol. The van der Waals surface area contributed by atoms with E-state index in [0.717, 1.165) is 4.88 Å². The summed E-state index contributed by atoms with van der Waals surface area (Å²) in [6, 6.07) is 0. The van der Waals surface area contributed by atoms with Crippen molar-refractivity contribution in [1.29, 1.82) is 0 Å². The minimum Gasteiger partial charge on any atom is -0.480 e. The van der Waals surface area contributed by atoms with E-state index < -0.39 is 24.6 Å². The number of carboxylic acid groups (broad SMARTS) is 1. The molecule has 6 nitrogen and oxygen atoms in total. The average Bonchev–Trinajstić information content (AvgIpc) is 2.68. The molecule has 0 bridgehead atoms. The molecule has 0 atom stereocenters. The van der Waals surface area contributed by atoms with E-state index in [9.17, 15) is 22.8 Å². The normalized spacial score (nSPS) is 11.7. The van der Waals surface area contributed by atoms with E-state index in [1.807, 2.05) is 0 Å². The van der Waals surface area contributed by atoms with Crippen LogP contribution >= 0.6 is 11.3 Å². The average molecular weight is 347 g/mol. The zero-order valence-corrected chi connectivity index (χ0v) is 13.2. The molecule has 0 radical (unpaired) electrons. The Bertz CT molecular complexity index is 801. The number of hydrogen-bond acceptors (Lipinski definition) is 5. The van der Waals surface area contributed by atoms with Gasteiger partial charge in [-0.25, -0.2) is 9.97 Å². The number of halogens is 3. The van der Waals surface area contributed by atoms with Crippen molar-refractivity contribution < 1.29 is 27.9 Å². The molecule has 2 rings (SSSR count). The monoisotopic (exact) mass is 347 g/mol. The molecule has 0 saturated carbocycles. The van der Waals surface area contributed by atoms with Crippen molar-refractivity contribution >= 4 is 39.2 Å². The van der Waals surface area contributed by atoms with Crippen molar-refractivity contribution in [3.63, 3.8) is 0 Å². The summed E-state index contributed by atoms with van der Waals surface area (Å²) in [4.78, 5) is 32.0. The Morgan fingerprint density at radius 1 is 1.22 bits per heavy atom. The fraction of sp³-hybridized carbons (Fsp3) is 0.385. The van der Waals surface area contributed by atoms with Crippen LogP contribution in [-0.2, 0) is 9.59 Å². The molecule has 0 saturated heterocycles. The first kappa shape index (κ1) is 17.1. The van der Waals surface area contributed by atoms with Crippen molar-refractivity contribution in [3.05, 3.63) is 16.3 Å². The zero-order chi connectivity index (χ0) is 17.5. The van der Waals surface area contributed by atoms with Gasteiger partial charge in [0.1, 0.15) is 23.0 Å². The fourth-order valence-corrected chi connectivity index (χ4v) is 3.13. The molecular formula is C13H12F3N3O3S. The summed E-state index contributed by atoms with van der Waals surface area (Å²) in [6.07, 6.45) is -5.21. The maximum Gasteiger partial charge on any atom is 0.471 e. The van der Waals surface area contributed by atoms with Gasteiger partial charge in [-0.15, -0.1) is 11.3 Å². The van der Waals surface area contributed by atoms with Crippen molar-refractivity contribution in [2.75, 3.05) is 11.4 Å². The number of carbonyl (C=O) groups excluding carboxylic acids is 1. The van der Waals surface area contributed by atoms with Crippen LogP contribution in [0.2, 0.25) is 0 Å². The van der Waals surface area contributed by atoms with E-state index in [1.165, 1.54) is 18.3 Å². The maximum atomic E-state index is 12.8. The van der Waals surface area contributed by atoms with Gasteiger partial charge in [0.2, 0.25) is 0 Å². The van der Waals surface area contributed by atoms with Crippen molar-refractivity contribution in [1.82, 2.24) is 9.97 Å². The molecule has 0 spiro atoms. The summed E-state index contributed by atoms with van der Waals surface area (Å²) in [5, 5.41) is 9.13. The second kappa shape index (κ2) is 5.76. The van der Waals surface area contributed by atoms with Crippen LogP contribution < -0.4 is 4.90 Å². The van der Waals surface area contributed by atoms with E-state index in [4.69, 9.17) is 5.11 Å². The van der Waals surface area contributed by atoms with Gasteiger partial charge in [-0.1, -0.05) is 0 Å². The Kier molecular flexibility index (Phi) is 4.29. The van der Waals surface area contributed by atoms with E-state index in [0.29, 0.717) is 10.4 Å². The highest BCUT2D eigenvalue weighted by atomic mass is 32.1. The Morgan fingerprint density at radius 3 is 2.35 bits per heavy atom. The summed E-state index contributed by atoms with van der Waals surface area (Å²) in [7, 11) is 0. The summed E-state index contributed by atoms with van der Waals surface area (Å²) >= 11 is 1.24. The Hall–Kier alpha value is -2.23. The minimum absolute atomic E-state index is 0.137. The van der Waals surface area contributed by atoms with Crippen molar-refractivity contribution in [2.45, 2.75) is 26.9 Å². The van der Waals surface area contributed by atoms with Crippen LogP contribution in [0.3, 0.4) is 0 Å². The third-order valence-corrected chi connectivity index (χ3v) is 4.26. The number of rotatable bonds is 3. The SMILES string of the molecule is Cc1nc(N(CC(=O)O)C(=O)C(F)(F)F)c2c(C)c(C)sc2n1. The molecule has 2 aromatic heterocycles. The standard InChI is InChI=1S/C13H12F3N3O3S/c1-5-6(2)23-11-9(5)10(17-7(3)18-11)19(4-8(20)21)12(22)13(14,15)16/h4H2,1-3H3,(H,20,21). The smallest absolute Gasteiger partial charge is 0.471 e. The number of nitrogens with zero attached hydrogens (tertiary/aromatic N) is 3. The second-order valence-corrected chi connectivity index (χ2v) is 6.04. The molecule has 0 aliphatic heterocycles. The van der Waals surface area contributed by atoms with Gasteiger partial charge in [0.05, 0.1) is 5.39 Å². The minimum atomic E-state index is -5.21. The molecule has 2 aromatic rings. The zero-order valence-electron chi connectivity index (χ0n) is 12.4. The van der Waals surface area contributed by atoms with Gasteiger partial charge in [-0.05, 0) is 26.3 Å². The van der Waals surface area contributed by atoms with Gasteiger partial charge in [0.25, 0.3) is 0 Å². The number of fused-ring (bicyclic) bond motifs is 1. The van der Waals surface area contributed by atoms with Gasteiger partial charge < -0.3 is 5.11 Å². The molecule has 0 unspecified atom stereocenters. The summed E-state index contributed by atoms with van der Waals surface area (Å²) in [5.74, 6) is -4.03. The van der Waals surface area contributed by atoms with Crippen LogP contribution in [0.1, 0.15) is 16.3 Å². The van der Waals surface area contributed by atoms with E-state index in [-0.39, 0.29) is 21.9 Å². The lowest BCUT2D eigenvalue weighted by Crippen LogP contribution is -2.44. The van der Waals surface area contributed by atoms with Crippen molar-refractivity contribution in [3.8, 4) is 0 Å². The molecule has 1 N–H and O–H groups in total. The van der Waals surface area contributed by atoms with Gasteiger partial charge in [0, 0.05) is 4.88 Å². The number of carbonyl (C=O) groups is 2. The predicted molar refractivity (Wildman–Crippen MR) is 77.7 cm³/mol. The predicted octanol–water partition coefficient (Wildman–Crippen LogP) is 2.60. The van der Waals surface area contributed by atoms with Crippen LogP contribution in [0.25, 0.3) is 10.2 Å². The van der Waals surface area contributed by atoms with Crippen LogP contribution in [0.5, 0.6) is 0 Å². The number of alkyl halides is 3. The second-order valence-electron chi connectivity index (χ2n) is 4.84. The first-order valence-corrected chi connectivity index (χ1v) is 7.18. The van der Waals surface area contributed by atoms with Crippen LogP contribution in [0, 0.1) is 20.8 Å². The van der Waals surface area contributed by atoms with Crippen LogP contribution in [0.15, 0.2) is 0 Å². The summed E-state index contributed by atoms with van der Waals surface area (Å²) in [5.41, 5.74) is 0.616. The number of aryl methyl sites for hydroxylation is 3. The lowest BCUT2D eigenvalue weighted by Gasteiger charge is -2.22. The fourth-order valence-electron chi connectivity index (χ4n) is 2.06. The Morgan fingerprint density at radius 2 is 1.83 bits per heavy atom.